The molecule has 1 saturated carbocycles. The van der Waals surface area contributed by atoms with Crippen molar-refractivity contribution >= 4 is 5.91 Å². The van der Waals surface area contributed by atoms with Gasteiger partial charge in [-0.15, -0.1) is 0 Å². The largest absolute Gasteiger partial charge is 0.488 e. The maximum absolute atomic E-state index is 12.6. The van der Waals surface area contributed by atoms with E-state index >= 15 is 0 Å². The average Bonchev–Trinajstić information content (AvgIpc) is 2.64. The highest BCUT2D eigenvalue weighted by molar-refractivity contribution is 5.92. The first-order chi connectivity index (χ1) is 12.1. The molecule has 25 heavy (non-hydrogen) atoms. The van der Waals surface area contributed by atoms with E-state index in [0.717, 1.165) is 30.7 Å². The summed E-state index contributed by atoms with van der Waals surface area (Å²) in [6, 6.07) is 9.14. The van der Waals surface area contributed by atoms with Gasteiger partial charge in [0.25, 0.3) is 5.91 Å². The number of rotatable bonds is 4. The minimum atomic E-state index is -0.749. The molecule has 1 aliphatic carbocycles. The third kappa shape index (κ3) is 3.96. The Kier molecular flexibility index (Phi) is 5.28. The molecule has 6 nitrogen and oxygen atoms in total. The number of benzene rings is 1. The molecule has 0 saturated heterocycles. The molecule has 1 aliphatic rings. The Hall–Kier alpha value is -2.47. The van der Waals surface area contributed by atoms with Crippen molar-refractivity contribution in [1.82, 2.24) is 14.9 Å². The van der Waals surface area contributed by atoms with Crippen LogP contribution in [0.5, 0.6) is 5.75 Å². The number of aromatic nitrogens is 2. The number of carbonyl (C=O) groups is 1. The highest BCUT2D eigenvalue weighted by Crippen LogP contribution is 2.27. The number of hydrogen-bond donors (Lipinski definition) is 1. The number of hydrogen-bond acceptors (Lipinski definition) is 5. The van der Waals surface area contributed by atoms with Gasteiger partial charge >= 0.3 is 0 Å². The zero-order chi connectivity index (χ0) is 17.8. The molecule has 3 rings (SSSR count). The summed E-state index contributed by atoms with van der Waals surface area (Å²) in [6.45, 7) is 1.82. The van der Waals surface area contributed by atoms with Gasteiger partial charge in [0.1, 0.15) is 23.7 Å². The molecular formula is C19H23N3O3. The Labute approximate surface area is 147 Å². The van der Waals surface area contributed by atoms with Crippen LogP contribution in [0.2, 0.25) is 0 Å². The zero-order valence-corrected chi connectivity index (χ0v) is 14.5. The van der Waals surface area contributed by atoms with Crippen molar-refractivity contribution in [2.75, 3.05) is 7.05 Å². The molecule has 2 aromatic rings. The Morgan fingerprint density at radius 3 is 2.64 bits per heavy atom. The van der Waals surface area contributed by atoms with E-state index in [1.807, 2.05) is 37.3 Å². The van der Waals surface area contributed by atoms with Gasteiger partial charge < -0.3 is 14.7 Å². The fraction of sp³-hybridized carbons (Fsp3) is 0.421. The van der Waals surface area contributed by atoms with Crippen LogP contribution in [0.4, 0.5) is 0 Å². The first kappa shape index (κ1) is 17.4. The van der Waals surface area contributed by atoms with E-state index in [0.29, 0.717) is 0 Å². The Balaban J connectivity index is 1.70. The molecule has 132 valence electrons. The van der Waals surface area contributed by atoms with Crippen LogP contribution in [0.3, 0.4) is 0 Å². The van der Waals surface area contributed by atoms with Crippen LogP contribution in [-0.2, 0) is 0 Å². The van der Waals surface area contributed by atoms with E-state index in [9.17, 15) is 9.90 Å². The average molecular weight is 341 g/mol. The lowest BCUT2D eigenvalue weighted by Gasteiger charge is -2.39. The molecule has 0 unspecified atom stereocenters. The topological polar surface area (TPSA) is 75.6 Å². The molecule has 1 N–H and O–H groups in total. The summed E-state index contributed by atoms with van der Waals surface area (Å²) >= 11 is 0. The van der Waals surface area contributed by atoms with Crippen molar-refractivity contribution in [3.8, 4) is 5.75 Å². The fourth-order valence-electron chi connectivity index (χ4n) is 3.18. The lowest BCUT2D eigenvalue weighted by atomic mass is 9.88. The molecule has 6 heteroatoms. The smallest absolute Gasteiger partial charge is 0.274 e. The number of carbonyl (C=O) groups excluding carboxylic acids is 1. The number of amides is 1. The van der Waals surface area contributed by atoms with Gasteiger partial charge in [0.2, 0.25) is 0 Å². The van der Waals surface area contributed by atoms with Gasteiger partial charge in [-0.05, 0) is 38.3 Å². The molecule has 0 radical (unpaired) electrons. The Morgan fingerprint density at radius 2 is 1.96 bits per heavy atom. The van der Waals surface area contributed by atoms with E-state index in [1.165, 1.54) is 6.20 Å². The maximum Gasteiger partial charge on any atom is 0.274 e. The summed E-state index contributed by atoms with van der Waals surface area (Å²) in [6.07, 6.45) is 4.34. The molecule has 0 spiro atoms. The Bertz CT molecular complexity index is 706. The first-order valence-corrected chi connectivity index (χ1v) is 8.52. The number of nitrogens with zero attached hydrogens (tertiary/aromatic N) is 3. The number of ether oxygens (including phenoxy) is 1. The zero-order valence-electron chi connectivity index (χ0n) is 14.5. The van der Waals surface area contributed by atoms with Crippen molar-refractivity contribution < 1.29 is 14.6 Å². The van der Waals surface area contributed by atoms with Crippen LogP contribution < -0.4 is 4.74 Å². The quantitative estimate of drug-likeness (QED) is 0.923. The standard InChI is InChI=1S/C19H23N3O3/c1-13-11-21-15(12-20-13)19(24)22(2)16-9-6-10-17(18(16)23)25-14-7-4-3-5-8-14/h3-5,7-8,11-12,16-18,23H,6,9-10H2,1-2H3/t16-,17-,18-/m1/s1. The predicted octanol–water partition coefficient (Wildman–Crippen LogP) is 2.22. The van der Waals surface area contributed by atoms with Gasteiger partial charge in [0.15, 0.2) is 0 Å². The molecule has 1 amide bonds. The van der Waals surface area contributed by atoms with Gasteiger partial charge in [-0.25, -0.2) is 4.98 Å². The number of para-hydroxylation sites is 1. The molecule has 1 heterocycles. The van der Waals surface area contributed by atoms with E-state index in [-0.39, 0.29) is 23.7 Å². The normalized spacial score (nSPS) is 23.1. The van der Waals surface area contributed by atoms with Crippen molar-refractivity contribution in [3.63, 3.8) is 0 Å². The van der Waals surface area contributed by atoms with Crippen molar-refractivity contribution in [1.29, 1.82) is 0 Å². The monoisotopic (exact) mass is 341 g/mol. The molecule has 1 fully saturated rings. The summed E-state index contributed by atoms with van der Waals surface area (Å²) in [7, 11) is 1.70. The lowest BCUT2D eigenvalue weighted by molar-refractivity contribution is -0.0414. The van der Waals surface area contributed by atoms with E-state index in [2.05, 4.69) is 9.97 Å². The molecule has 1 aromatic carbocycles. The second kappa shape index (κ2) is 7.61. The van der Waals surface area contributed by atoms with Gasteiger partial charge in [0, 0.05) is 13.2 Å². The fourth-order valence-corrected chi connectivity index (χ4v) is 3.18. The molecule has 3 atom stereocenters. The number of aliphatic hydroxyl groups excluding tert-OH is 1. The van der Waals surface area contributed by atoms with E-state index in [4.69, 9.17) is 4.74 Å². The first-order valence-electron chi connectivity index (χ1n) is 8.52. The number of aliphatic hydroxyl groups is 1. The minimum absolute atomic E-state index is 0.239. The third-order valence-corrected chi connectivity index (χ3v) is 4.61. The summed E-state index contributed by atoms with van der Waals surface area (Å²) < 4.78 is 5.93. The van der Waals surface area contributed by atoms with Crippen LogP contribution in [-0.4, -0.2) is 51.2 Å². The minimum Gasteiger partial charge on any atom is -0.488 e. The summed E-state index contributed by atoms with van der Waals surface area (Å²) in [5.41, 5.74) is 1.04. The molecule has 0 aliphatic heterocycles. The van der Waals surface area contributed by atoms with Crippen LogP contribution in [0.15, 0.2) is 42.7 Å². The van der Waals surface area contributed by atoms with Crippen molar-refractivity contribution in [2.45, 2.75) is 44.4 Å². The SMILES string of the molecule is Cc1cnc(C(=O)N(C)[C@@H]2CCC[C@@H](Oc3ccccc3)[C@@H]2O)cn1. The Morgan fingerprint density at radius 1 is 1.20 bits per heavy atom. The highest BCUT2D eigenvalue weighted by Gasteiger charge is 2.37. The van der Waals surface area contributed by atoms with Gasteiger partial charge in [-0.1, -0.05) is 18.2 Å². The molecule has 1 aromatic heterocycles. The second-order valence-corrected chi connectivity index (χ2v) is 6.42. The summed E-state index contributed by atoms with van der Waals surface area (Å²) in [5, 5.41) is 10.7. The number of aryl methyl sites for hydroxylation is 1. The second-order valence-electron chi connectivity index (χ2n) is 6.42. The highest BCUT2D eigenvalue weighted by atomic mass is 16.5. The van der Waals surface area contributed by atoms with E-state index in [1.54, 1.807) is 18.1 Å². The summed E-state index contributed by atoms with van der Waals surface area (Å²) in [4.78, 5) is 22.5. The molecular weight excluding hydrogens is 318 g/mol. The molecule has 0 bridgehead atoms. The number of likely N-dealkylation sites (N-methyl/N-ethyl adjacent to an activating group) is 1. The predicted molar refractivity (Wildman–Crippen MR) is 93.4 cm³/mol. The van der Waals surface area contributed by atoms with Crippen LogP contribution in [0.1, 0.15) is 35.4 Å². The van der Waals surface area contributed by atoms with E-state index < -0.39 is 6.10 Å². The van der Waals surface area contributed by atoms with Crippen LogP contribution >= 0.6 is 0 Å². The van der Waals surface area contributed by atoms with Crippen LogP contribution in [0, 0.1) is 6.92 Å². The third-order valence-electron chi connectivity index (χ3n) is 4.61. The van der Waals surface area contributed by atoms with Gasteiger partial charge in [-0.3, -0.25) is 9.78 Å². The summed E-state index contributed by atoms with van der Waals surface area (Å²) in [5.74, 6) is 0.488. The van der Waals surface area contributed by atoms with Gasteiger partial charge in [-0.2, -0.15) is 0 Å². The van der Waals surface area contributed by atoms with Crippen molar-refractivity contribution in [3.05, 3.63) is 54.1 Å². The van der Waals surface area contributed by atoms with Crippen LogP contribution in [0.25, 0.3) is 0 Å². The van der Waals surface area contributed by atoms with Gasteiger partial charge in [0.05, 0.1) is 17.9 Å². The lowest BCUT2D eigenvalue weighted by Crippen LogP contribution is -2.53. The maximum atomic E-state index is 12.6. The van der Waals surface area contributed by atoms with Crippen molar-refractivity contribution in [2.24, 2.45) is 0 Å².